The fourth-order valence-electron chi connectivity index (χ4n) is 2.00. The second-order valence-electron chi connectivity index (χ2n) is 3.72. The number of fused-ring (bicyclic) bond motifs is 2. The lowest BCUT2D eigenvalue weighted by Gasteiger charge is -2.20. The van der Waals surface area contributed by atoms with Crippen LogP contribution in [0.1, 0.15) is 6.92 Å². The number of rotatable bonds is 2. The van der Waals surface area contributed by atoms with E-state index in [0.717, 1.165) is 0 Å². The highest BCUT2D eigenvalue weighted by Crippen LogP contribution is 2.51. The maximum Gasteiger partial charge on any atom is 0.339 e. The summed E-state index contributed by atoms with van der Waals surface area (Å²) in [5.41, 5.74) is 7.06. The third-order valence-corrected chi connectivity index (χ3v) is 4.17. The number of nitrogens with two attached hydrogens (primary N) is 1. The maximum absolute atomic E-state index is 11.7. The molecule has 6 nitrogen and oxygen atoms in total. The van der Waals surface area contributed by atoms with E-state index < -0.39 is 16.9 Å². The van der Waals surface area contributed by atoms with E-state index in [0.29, 0.717) is 5.71 Å². The van der Waals surface area contributed by atoms with Gasteiger partial charge in [-0.2, -0.15) is 0 Å². The molecule has 0 spiro atoms. The largest absolute Gasteiger partial charge is 0.466 e. The van der Waals surface area contributed by atoms with E-state index in [1.54, 1.807) is 6.92 Å². The van der Waals surface area contributed by atoms with E-state index in [1.165, 1.54) is 26.0 Å². The fourth-order valence-corrected chi connectivity index (χ4v) is 3.42. The Balaban J connectivity index is 2.55. The molecule has 0 amide bonds. The monoisotopic (exact) mass is 256 g/mol. The van der Waals surface area contributed by atoms with E-state index in [9.17, 15) is 9.59 Å². The molecule has 0 aliphatic carbocycles. The van der Waals surface area contributed by atoms with E-state index in [2.05, 4.69) is 14.5 Å². The van der Waals surface area contributed by atoms with Crippen LogP contribution in [0.3, 0.4) is 0 Å². The van der Waals surface area contributed by atoms with Gasteiger partial charge in [-0.05, 0) is 6.92 Å². The summed E-state index contributed by atoms with van der Waals surface area (Å²) in [6, 6.07) is 0. The van der Waals surface area contributed by atoms with Gasteiger partial charge < -0.3 is 9.47 Å². The number of hydrogen-bond acceptors (Lipinski definition) is 7. The van der Waals surface area contributed by atoms with Gasteiger partial charge in [0.05, 0.1) is 25.0 Å². The Hall–Kier alpha value is -1.34. The second-order valence-corrected chi connectivity index (χ2v) is 5.05. The molecule has 2 heterocycles. The Bertz CT molecular complexity index is 471. The van der Waals surface area contributed by atoms with Crippen LogP contribution < -0.4 is 5.73 Å². The molecule has 2 aliphatic rings. The summed E-state index contributed by atoms with van der Waals surface area (Å²) in [4.78, 5) is 26.4. The molecule has 92 valence electrons. The molecule has 0 fully saturated rings. The normalized spacial score (nSPS) is 30.4. The SMILES string of the molecule is COC(=O)C1=C(C(=O)OC)[C@@]2(N)N=C(C)[C@@H]1S2. The van der Waals surface area contributed by atoms with Crippen molar-refractivity contribution in [3.8, 4) is 0 Å². The molecular weight excluding hydrogens is 244 g/mol. The van der Waals surface area contributed by atoms with Crippen molar-refractivity contribution in [2.24, 2.45) is 10.7 Å². The number of methoxy groups -OCH3 is 2. The maximum atomic E-state index is 11.7. The highest BCUT2D eigenvalue weighted by molar-refractivity contribution is 8.03. The first-order valence-electron chi connectivity index (χ1n) is 4.89. The minimum absolute atomic E-state index is 0.0902. The van der Waals surface area contributed by atoms with Crippen molar-refractivity contribution in [3.05, 3.63) is 11.1 Å². The van der Waals surface area contributed by atoms with Gasteiger partial charge in [0, 0.05) is 5.71 Å². The topological polar surface area (TPSA) is 91.0 Å². The smallest absolute Gasteiger partial charge is 0.339 e. The number of hydrogen-bond donors (Lipinski definition) is 1. The number of dihydropyridines is 1. The first-order valence-corrected chi connectivity index (χ1v) is 5.77. The zero-order valence-corrected chi connectivity index (χ0v) is 10.5. The molecule has 0 saturated carbocycles. The lowest BCUT2D eigenvalue weighted by molar-refractivity contribution is -0.139. The van der Waals surface area contributed by atoms with Crippen molar-refractivity contribution < 1.29 is 19.1 Å². The molecule has 2 rings (SSSR count). The summed E-state index contributed by atoms with van der Waals surface area (Å²) in [5.74, 6) is -1.20. The molecule has 0 aromatic heterocycles. The van der Waals surface area contributed by atoms with E-state index in [1.807, 2.05) is 0 Å². The van der Waals surface area contributed by atoms with Crippen LogP contribution in [0.2, 0.25) is 0 Å². The predicted octanol–water partition coefficient (Wildman–Crippen LogP) is -0.169. The number of carbonyl (C=O) groups is 2. The lowest BCUT2D eigenvalue weighted by atomic mass is 9.97. The van der Waals surface area contributed by atoms with Crippen LogP contribution in [-0.2, 0) is 19.1 Å². The van der Waals surface area contributed by atoms with Crippen molar-refractivity contribution >= 4 is 29.4 Å². The van der Waals surface area contributed by atoms with Crippen LogP contribution in [0.4, 0.5) is 0 Å². The summed E-state index contributed by atoms with van der Waals surface area (Å²) in [7, 11) is 2.50. The fraction of sp³-hybridized carbons (Fsp3) is 0.500. The Labute approximate surface area is 102 Å². The quantitative estimate of drug-likeness (QED) is 0.690. The average molecular weight is 256 g/mol. The standard InChI is InChI=1S/C10H12N2O4S/c1-4-7-5(8(13)15-2)6(9(14)16-3)10(11,12-4)17-7/h7H,11H2,1-3H3/t7-,10+/m0/s1. The van der Waals surface area contributed by atoms with Gasteiger partial charge in [-0.3, -0.25) is 10.7 Å². The van der Waals surface area contributed by atoms with Gasteiger partial charge in [-0.15, -0.1) is 0 Å². The second kappa shape index (κ2) is 3.85. The van der Waals surface area contributed by atoms with Crippen LogP contribution in [0.25, 0.3) is 0 Å². The lowest BCUT2D eigenvalue weighted by Crippen LogP contribution is -2.38. The molecule has 2 atom stereocenters. The van der Waals surface area contributed by atoms with Gasteiger partial charge in [-0.1, -0.05) is 11.8 Å². The van der Waals surface area contributed by atoms with Crippen LogP contribution in [-0.4, -0.2) is 42.1 Å². The number of esters is 2. The zero-order valence-electron chi connectivity index (χ0n) is 9.64. The minimum Gasteiger partial charge on any atom is -0.466 e. The van der Waals surface area contributed by atoms with Gasteiger partial charge in [0.25, 0.3) is 0 Å². The third-order valence-electron chi connectivity index (χ3n) is 2.70. The Morgan fingerprint density at radius 3 is 2.47 bits per heavy atom. The van der Waals surface area contributed by atoms with Crippen molar-refractivity contribution in [1.29, 1.82) is 0 Å². The Kier molecular flexibility index (Phi) is 2.75. The number of ether oxygens (including phenoxy) is 2. The molecule has 17 heavy (non-hydrogen) atoms. The van der Waals surface area contributed by atoms with E-state index in [-0.39, 0.29) is 16.4 Å². The van der Waals surface area contributed by atoms with Crippen molar-refractivity contribution in [2.45, 2.75) is 17.2 Å². The van der Waals surface area contributed by atoms with Gasteiger partial charge in [0.1, 0.15) is 5.57 Å². The number of nitrogens with zero attached hydrogens (tertiary/aromatic N) is 1. The molecular formula is C10H12N2O4S. The predicted molar refractivity (Wildman–Crippen MR) is 62.5 cm³/mol. The van der Waals surface area contributed by atoms with Crippen LogP contribution in [0, 0.1) is 0 Å². The van der Waals surface area contributed by atoms with Crippen LogP contribution in [0.15, 0.2) is 16.1 Å². The highest BCUT2D eigenvalue weighted by atomic mass is 32.2. The summed E-state index contributed by atoms with van der Waals surface area (Å²) >= 11 is 1.24. The van der Waals surface area contributed by atoms with Crippen molar-refractivity contribution in [2.75, 3.05) is 14.2 Å². The van der Waals surface area contributed by atoms with Crippen molar-refractivity contribution in [3.63, 3.8) is 0 Å². The number of aliphatic imine (C=N–C) groups is 1. The third kappa shape index (κ3) is 1.57. The molecule has 2 aliphatic heterocycles. The molecule has 0 aromatic carbocycles. The van der Waals surface area contributed by atoms with Crippen LogP contribution in [0.5, 0.6) is 0 Å². The van der Waals surface area contributed by atoms with Gasteiger partial charge in [-0.25, -0.2) is 9.59 Å². The van der Waals surface area contributed by atoms with Gasteiger partial charge in [0.2, 0.25) is 0 Å². The molecule has 7 heteroatoms. The zero-order chi connectivity index (χ0) is 12.8. The van der Waals surface area contributed by atoms with Crippen LogP contribution >= 0.6 is 11.8 Å². The molecule has 0 saturated heterocycles. The first kappa shape index (κ1) is 12.1. The Morgan fingerprint density at radius 1 is 1.35 bits per heavy atom. The highest BCUT2D eigenvalue weighted by Gasteiger charge is 2.55. The summed E-state index contributed by atoms with van der Waals surface area (Å²) < 4.78 is 9.32. The summed E-state index contributed by atoms with van der Waals surface area (Å²) in [6.07, 6.45) is 0. The number of thioether (sulfide) groups is 1. The summed E-state index contributed by atoms with van der Waals surface area (Å²) in [6.45, 7) is 1.77. The molecule has 0 radical (unpaired) electrons. The molecule has 2 bridgehead atoms. The Morgan fingerprint density at radius 2 is 1.94 bits per heavy atom. The van der Waals surface area contributed by atoms with Gasteiger partial charge >= 0.3 is 11.9 Å². The average Bonchev–Trinajstić information content (AvgIpc) is 2.75. The minimum atomic E-state index is -1.22. The molecule has 0 aromatic rings. The van der Waals surface area contributed by atoms with E-state index >= 15 is 0 Å². The molecule has 2 N–H and O–H groups in total. The molecule has 0 unspecified atom stereocenters. The van der Waals surface area contributed by atoms with Gasteiger partial charge in [0.15, 0.2) is 4.99 Å². The number of carbonyl (C=O) groups excluding carboxylic acids is 2. The summed E-state index contributed by atoms with van der Waals surface area (Å²) in [5, 5.41) is -0.318. The van der Waals surface area contributed by atoms with E-state index in [4.69, 9.17) is 5.73 Å². The van der Waals surface area contributed by atoms with Crippen molar-refractivity contribution in [1.82, 2.24) is 0 Å². The first-order chi connectivity index (χ1) is 7.94.